The topological polar surface area (TPSA) is 104 Å². The van der Waals surface area contributed by atoms with Gasteiger partial charge in [-0.25, -0.2) is 0 Å². The van der Waals surface area contributed by atoms with Crippen LogP contribution in [0.15, 0.2) is 36.8 Å². The van der Waals surface area contributed by atoms with Crippen LogP contribution >= 0.6 is 0 Å². The van der Waals surface area contributed by atoms with Crippen LogP contribution < -0.4 is 10.6 Å². The number of H-pyrrole nitrogens is 1. The van der Waals surface area contributed by atoms with Crippen molar-refractivity contribution in [3.63, 3.8) is 0 Å². The van der Waals surface area contributed by atoms with Crippen LogP contribution in [0.5, 0.6) is 0 Å². The van der Waals surface area contributed by atoms with E-state index in [9.17, 15) is 0 Å². The van der Waals surface area contributed by atoms with Gasteiger partial charge in [0, 0.05) is 30.7 Å². The number of rotatable bonds is 5. The van der Waals surface area contributed by atoms with Gasteiger partial charge in [-0.15, -0.1) is 5.10 Å². The summed E-state index contributed by atoms with van der Waals surface area (Å²) in [7, 11) is 0. The first-order valence-electron chi connectivity index (χ1n) is 6.41. The highest BCUT2D eigenvalue weighted by atomic mass is 15.3. The number of aromatic amines is 1. The molecule has 0 saturated heterocycles. The normalized spacial score (nSPS) is 10.3. The summed E-state index contributed by atoms with van der Waals surface area (Å²) in [6.45, 7) is 2.51. The van der Waals surface area contributed by atoms with Gasteiger partial charge in [-0.3, -0.25) is 10.1 Å². The van der Waals surface area contributed by atoms with Crippen molar-refractivity contribution < 1.29 is 0 Å². The summed E-state index contributed by atoms with van der Waals surface area (Å²) in [5.74, 6) is 1.70. The number of anilines is 3. The van der Waals surface area contributed by atoms with E-state index < -0.39 is 0 Å². The van der Waals surface area contributed by atoms with Gasteiger partial charge >= 0.3 is 0 Å². The summed E-state index contributed by atoms with van der Waals surface area (Å²) in [5.41, 5.74) is 2.01. The summed E-state index contributed by atoms with van der Waals surface area (Å²) >= 11 is 0. The van der Waals surface area contributed by atoms with Gasteiger partial charge in [0.1, 0.15) is 0 Å². The number of aryl methyl sites for hydroxylation is 1. The van der Waals surface area contributed by atoms with E-state index in [1.165, 1.54) is 0 Å². The van der Waals surface area contributed by atoms with Gasteiger partial charge in [-0.1, -0.05) is 6.07 Å². The van der Waals surface area contributed by atoms with E-state index in [2.05, 4.69) is 41.0 Å². The highest BCUT2D eigenvalue weighted by Gasteiger charge is 2.03. The van der Waals surface area contributed by atoms with Gasteiger partial charge in [-0.05, 0) is 18.6 Å². The van der Waals surface area contributed by atoms with Crippen molar-refractivity contribution in [1.82, 2.24) is 30.4 Å². The Morgan fingerprint density at radius 1 is 1.24 bits per heavy atom. The lowest BCUT2D eigenvalue weighted by molar-refractivity contribution is 0.944. The van der Waals surface area contributed by atoms with Crippen molar-refractivity contribution in [1.29, 1.82) is 0 Å². The van der Waals surface area contributed by atoms with Gasteiger partial charge in [-0.2, -0.15) is 15.2 Å². The van der Waals surface area contributed by atoms with Crippen molar-refractivity contribution in [3.8, 4) is 0 Å². The average Bonchev–Trinajstić information content (AvgIpc) is 2.92. The average molecular weight is 282 g/mol. The lowest BCUT2D eigenvalue weighted by Crippen LogP contribution is -2.06. The van der Waals surface area contributed by atoms with Crippen LogP contribution in [0, 0.1) is 6.92 Å². The number of aromatic nitrogens is 6. The van der Waals surface area contributed by atoms with Gasteiger partial charge < -0.3 is 10.6 Å². The first-order chi connectivity index (χ1) is 10.3. The number of nitrogens with zero attached hydrogens (tertiary/aromatic N) is 5. The molecule has 21 heavy (non-hydrogen) atoms. The second-order valence-electron chi connectivity index (χ2n) is 4.44. The van der Waals surface area contributed by atoms with E-state index in [1.54, 1.807) is 18.6 Å². The van der Waals surface area contributed by atoms with Crippen molar-refractivity contribution in [3.05, 3.63) is 48.0 Å². The summed E-state index contributed by atoms with van der Waals surface area (Å²) < 4.78 is 0. The zero-order valence-corrected chi connectivity index (χ0v) is 11.4. The molecule has 3 aromatic heterocycles. The Labute approximate surface area is 121 Å². The number of nitrogens with one attached hydrogen (secondary N) is 3. The van der Waals surface area contributed by atoms with Crippen LogP contribution in [0.1, 0.15) is 11.3 Å². The third kappa shape index (κ3) is 3.50. The summed E-state index contributed by atoms with van der Waals surface area (Å²) in [4.78, 5) is 8.37. The van der Waals surface area contributed by atoms with Crippen LogP contribution in [0.2, 0.25) is 0 Å². The van der Waals surface area contributed by atoms with Gasteiger partial charge in [0.2, 0.25) is 5.95 Å². The van der Waals surface area contributed by atoms with Gasteiger partial charge in [0.15, 0.2) is 11.6 Å². The van der Waals surface area contributed by atoms with E-state index in [-0.39, 0.29) is 0 Å². The maximum Gasteiger partial charge on any atom is 0.244 e. The molecule has 0 fully saturated rings. The van der Waals surface area contributed by atoms with Crippen molar-refractivity contribution in [2.45, 2.75) is 13.5 Å². The van der Waals surface area contributed by atoms with Crippen molar-refractivity contribution >= 4 is 17.6 Å². The summed E-state index contributed by atoms with van der Waals surface area (Å²) in [5, 5.41) is 20.9. The molecule has 8 nitrogen and oxygen atoms in total. The molecule has 3 heterocycles. The quantitative estimate of drug-likeness (QED) is 0.653. The van der Waals surface area contributed by atoms with Crippen LogP contribution in [-0.4, -0.2) is 30.4 Å². The third-order valence-electron chi connectivity index (χ3n) is 2.69. The molecule has 0 aliphatic rings. The van der Waals surface area contributed by atoms with Crippen LogP contribution in [-0.2, 0) is 6.54 Å². The van der Waals surface area contributed by atoms with Crippen LogP contribution in [0.3, 0.4) is 0 Å². The molecule has 106 valence electrons. The number of pyridine rings is 1. The minimum atomic E-state index is 0.441. The van der Waals surface area contributed by atoms with Crippen molar-refractivity contribution in [2.75, 3.05) is 10.6 Å². The second kappa shape index (κ2) is 5.95. The minimum absolute atomic E-state index is 0.441. The molecule has 0 amide bonds. The Kier molecular flexibility index (Phi) is 3.68. The molecule has 0 bridgehead atoms. The Hall–Kier alpha value is -3.03. The molecule has 0 aliphatic carbocycles. The molecule has 3 N–H and O–H groups in total. The Bertz CT molecular complexity index is 709. The molecule has 8 heteroatoms. The Morgan fingerprint density at radius 2 is 2.19 bits per heavy atom. The van der Waals surface area contributed by atoms with Crippen LogP contribution in [0.25, 0.3) is 0 Å². The fourth-order valence-electron chi connectivity index (χ4n) is 1.74. The summed E-state index contributed by atoms with van der Waals surface area (Å²) in [6, 6.07) is 5.74. The maximum atomic E-state index is 4.32. The molecule has 0 saturated carbocycles. The number of hydrogen-bond donors (Lipinski definition) is 3. The Morgan fingerprint density at radius 3 is 2.95 bits per heavy atom. The zero-order valence-electron chi connectivity index (χ0n) is 11.4. The van der Waals surface area contributed by atoms with E-state index in [0.29, 0.717) is 24.1 Å². The molecule has 0 aliphatic heterocycles. The van der Waals surface area contributed by atoms with Gasteiger partial charge in [0.05, 0.1) is 6.20 Å². The van der Waals surface area contributed by atoms with Crippen LogP contribution in [0.4, 0.5) is 17.6 Å². The smallest absolute Gasteiger partial charge is 0.244 e. The molecule has 0 unspecified atom stereocenters. The van der Waals surface area contributed by atoms with E-state index >= 15 is 0 Å². The van der Waals surface area contributed by atoms with E-state index in [4.69, 9.17) is 0 Å². The predicted octanol–water partition coefficient (Wildman–Crippen LogP) is 1.65. The fraction of sp³-hybridized carbons (Fsp3) is 0.154. The Balaban J connectivity index is 1.65. The third-order valence-corrected chi connectivity index (χ3v) is 2.69. The van der Waals surface area contributed by atoms with E-state index in [1.807, 2.05) is 25.1 Å². The second-order valence-corrected chi connectivity index (χ2v) is 4.44. The summed E-state index contributed by atoms with van der Waals surface area (Å²) in [6.07, 6.45) is 5.06. The zero-order chi connectivity index (χ0) is 14.5. The van der Waals surface area contributed by atoms with E-state index in [0.717, 1.165) is 11.3 Å². The number of hydrogen-bond acceptors (Lipinski definition) is 7. The lowest BCUT2D eigenvalue weighted by atomic mass is 10.3. The highest BCUT2D eigenvalue weighted by molar-refractivity contribution is 5.51. The first-order valence-corrected chi connectivity index (χ1v) is 6.41. The predicted molar refractivity (Wildman–Crippen MR) is 78.0 cm³/mol. The first kappa shape index (κ1) is 13.0. The molecule has 0 spiro atoms. The molecule has 0 radical (unpaired) electrons. The van der Waals surface area contributed by atoms with Gasteiger partial charge in [0.25, 0.3) is 0 Å². The van der Waals surface area contributed by atoms with Crippen molar-refractivity contribution in [2.24, 2.45) is 0 Å². The molecule has 3 aromatic rings. The fourth-order valence-corrected chi connectivity index (χ4v) is 1.74. The largest absolute Gasteiger partial charge is 0.349 e. The monoisotopic (exact) mass is 282 g/mol. The molecular weight excluding hydrogens is 268 g/mol. The molecular formula is C13H14N8. The maximum absolute atomic E-state index is 4.32. The molecule has 0 atom stereocenters. The molecule has 0 aromatic carbocycles. The lowest BCUT2D eigenvalue weighted by Gasteiger charge is -2.05. The molecule has 3 rings (SSSR count). The highest BCUT2D eigenvalue weighted by Crippen LogP contribution is 2.12. The minimum Gasteiger partial charge on any atom is -0.349 e. The standard InChI is InChI=1S/C13H14N8/c1-9-5-11(20-19-9)17-12-8-16-21-13(18-12)15-7-10-3-2-4-14-6-10/h2-6,8H,7H2,1H3,(H3,15,17,18,19,20,21). The SMILES string of the molecule is Cc1cc(Nc2cnnc(NCc3cccnc3)n2)n[nH]1.